The largest absolute Gasteiger partial charge is 0.450 e. The number of carbonyl (C=O) groups is 2. The van der Waals surface area contributed by atoms with Gasteiger partial charge in [0.2, 0.25) is 5.91 Å². The molecule has 0 aromatic heterocycles. The van der Waals surface area contributed by atoms with Crippen molar-refractivity contribution in [2.75, 3.05) is 52.5 Å². The molecular formula is C15H28IN5O4. The molecule has 0 spiro atoms. The molecule has 9 nitrogen and oxygen atoms in total. The highest BCUT2D eigenvalue weighted by Gasteiger charge is 2.24. The van der Waals surface area contributed by atoms with Crippen molar-refractivity contribution in [2.24, 2.45) is 10.7 Å². The number of guanidine groups is 1. The van der Waals surface area contributed by atoms with E-state index in [2.05, 4.69) is 10.3 Å². The summed E-state index contributed by atoms with van der Waals surface area (Å²) in [5.41, 5.74) is 5.86. The number of nitrogens with zero attached hydrogens (tertiary/aromatic N) is 3. The van der Waals surface area contributed by atoms with E-state index in [0.717, 1.165) is 12.8 Å². The van der Waals surface area contributed by atoms with Crippen molar-refractivity contribution in [1.29, 1.82) is 0 Å². The van der Waals surface area contributed by atoms with Crippen LogP contribution >= 0.6 is 24.0 Å². The van der Waals surface area contributed by atoms with Crippen LogP contribution in [0.25, 0.3) is 0 Å². The smallest absolute Gasteiger partial charge is 0.409 e. The molecule has 0 aromatic rings. The zero-order valence-electron chi connectivity index (χ0n) is 14.6. The van der Waals surface area contributed by atoms with Crippen LogP contribution in [0.1, 0.15) is 19.8 Å². The van der Waals surface area contributed by atoms with E-state index in [0.29, 0.717) is 46.0 Å². The number of halogens is 1. The third-order valence-corrected chi connectivity index (χ3v) is 4.12. The van der Waals surface area contributed by atoms with Crippen molar-refractivity contribution in [1.82, 2.24) is 15.1 Å². The molecule has 2 rings (SSSR count). The van der Waals surface area contributed by atoms with Crippen molar-refractivity contribution < 1.29 is 19.1 Å². The topological polar surface area (TPSA) is 109 Å². The maximum Gasteiger partial charge on any atom is 0.409 e. The molecule has 2 heterocycles. The van der Waals surface area contributed by atoms with Crippen LogP contribution in [-0.4, -0.2) is 86.3 Å². The van der Waals surface area contributed by atoms with Crippen LogP contribution in [0.15, 0.2) is 4.99 Å². The minimum atomic E-state index is -0.270. The number of morpholine rings is 1. The highest BCUT2D eigenvalue weighted by atomic mass is 127. The highest BCUT2D eigenvalue weighted by molar-refractivity contribution is 14.0. The molecule has 0 unspecified atom stereocenters. The fraction of sp³-hybridized carbons (Fsp3) is 0.800. The Balaban J connectivity index is 0.00000312. The van der Waals surface area contributed by atoms with Gasteiger partial charge in [0.15, 0.2) is 5.96 Å². The van der Waals surface area contributed by atoms with Gasteiger partial charge in [-0.3, -0.25) is 4.79 Å². The lowest BCUT2D eigenvalue weighted by Gasteiger charge is -2.31. The van der Waals surface area contributed by atoms with Gasteiger partial charge in [0, 0.05) is 32.2 Å². The average Bonchev–Trinajstić information content (AvgIpc) is 2.61. The molecule has 0 radical (unpaired) electrons. The van der Waals surface area contributed by atoms with E-state index >= 15 is 0 Å². The number of hydrogen-bond acceptors (Lipinski definition) is 5. The third-order valence-electron chi connectivity index (χ3n) is 4.12. The molecule has 2 amide bonds. The number of aliphatic imine (C=N–C) groups is 1. The normalized spacial score (nSPS) is 19.2. The SMILES string of the molecule is CCOC(=O)N1CCC(NC(N)=NCC(=O)N2CCOCC2)CC1.I. The first kappa shape index (κ1) is 21.7. The lowest BCUT2D eigenvalue weighted by Crippen LogP contribution is -2.49. The summed E-state index contributed by atoms with van der Waals surface area (Å²) in [5, 5.41) is 3.12. The molecule has 2 aliphatic rings. The number of amides is 2. The maximum absolute atomic E-state index is 12.0. The van der Waals surface area contributed by atoms with Gasteiger partial charge in [-0.15, -0.1) is 24.0 Å². The molecule has 3 N–H and O–H groups in total. The lowest BCUT2D eigenvalue weighted by atomic mass is 10.1. The first-order valence-corrected chi connectivity index (χ1v) is 8.43. The highest BCUT2D eigenvalue weighted by Crippen LogP contribution is 2.11. The molecule has 2 saturated heterocycles. The molecule has 0 aromatic carbocycles. The second-order valence-electron chi connectivity index (χ2n) is 5.80. The Morgan fingerprint density at radius 2 is 1.84 bits per heavy atom. The summed E-state index contributed by atoms with van der Waals surface area (Å²) in [4.78, 5) is 31.2. The number of likely N-dealkylation sites (tertiary alicyclic amines) is 1. The zero-order valence-corrected chi connectivity index (χ0v) is 16.9. The average molecular weight is 469 g/mol. The van der Waals surface area contributed by atoms with Gasteiger partial charge in [-0.05, 0) is 19.8 Å². The van der Waals surface area contributed by atoms with Crippen molar-refractivity contribution in [3.8, 4) is 0 Å². The van der Waals surface area contributed by atoms with Crippen LogP contribution in [0.4, 0.5) is 4.79 Å². The Hall–Kier alpha value is -1.30. The predicted octanol–water partition coefficient (Wildman–Crippen LogP) is -0.0116. The molecule has 2 fully saturated rings. The summed E-state index contributed by atoms with van der Waals surface area (Å²) in [6.45, 7) is 5.81. The Kier molecular flexibility index (Phi) is 9.86. The number of hydrogen-bond donors (Lipinski definition) is 2. The summed E-state index contributed by atoms with van der Waals surface area (Å²) in [7, 11) is 0. The number of nitrogens with two attached hydrogens (primary N) is 1. The molecule has 0 atom stereocenters. The standard InChI is InChI=1S/C15H27N5O4.HI/c1-2-24-15(22)20-5-3-12(4-6-20)18-14(16)17-11-13(21)19-7-9-23-10-8-19;/h12H,2-11H2,1H3,(H3,16,17,18);1H. The van der Waals surface area contributed by atoms with E-state index in [-0.39, 0.29) is 54.5 Å². The molecule has 0 saturated carbocycles. The van der Waals surface area contributed by atoms with Crippen molar-refractivity contribution in [2.45, 2.75) is 25.8 Å². The van der Waals surface area contributed by atoms with E-state index in [1.807, 2.05) is 0 Å². The number of carbonyl (C=O) groups excluding carboxylic acids is 2. The predicted molar refractivity (Wildman–Crippen MR) is 104 cm³/mol. The van der Waals surface area contributed by atoms with E-state index in [4.69, 9.17) is 15.2 Å². The second kappa shape index (κ2) is 11.3. The minimum Gasteiger partial charge on any atom is -0.450 e. The molecular weight excluding hydrogens is 441 g/mol. The second-order valence-corrected chi connectivity index (χ2v) is 5.80. The zero-order chi connectivity index (χ0) is 17.4. The summed E-state index contributed by atoms with van der Waals surface area (Å²) < 4.78 is 10.2. The first-order valence-electron chi connectivity index (χ1n) is 8.43. The fourth-order valence-electron chi connectivity index (χ4n) is 2.74. The van der Waals surface area contributed by atoms with Crippen LogP contribution in [0.2, 0.25) is 0 Å². The van der Waals surface area contributed by atoms with Crippen LogP contribution in [0.5, 0.6) is 0 Å². The molecule has 2 aliphatic heterocycles. The first-order chi connectivity index (χ1) is 11.6. The Bertz CT molecular complexity index is 463. The van der Waals surface area contributed by atoms with E-state index in [1.165, 1.54) is 0 Å². The Labute approximate surface area is 165 Å². The summed E-state index contributed by atoms with van der Waals surface area (Å²) in [6.07, 6.45) is 1.27. The quantitative estimate of drug-likeness (QED) is 0.341. The van der Waals surface area contributed by atoms with Gasteiger partial charge in [0.25, 0.3) is 0 Å². The lowest BCUT2D eigenvalue weighted by molar-refractivity contribution is -0.133. The summed E-state index contributed by atoms with van der Waals surface area (Å²) >= 11 is 0. The Morgan fingerprint density at radius 1 is 1.20 bits per heavy atom. The molecule has 0 aliphatic carbocycles. The van der Waals surface area contributed by atoms with E-state index in [1.54, 1.807) is 16.7 Å². The molecule has 0 bridgehead atoms. The monoisotopic (exact) mass is 469 g/mol. The van der Waals surface area contributed by atoms with Gasteiger partial charge in [0.05, 0.1) is 19.8 Å². The van der Waals surface area contributed by atoms with E-state index in [9.17, 15) is 9.59 Å². The molecule has 25 heavy (non-hydrogen) atoms. The third kappa shape index (κ3) is 7.22. The molecule has 144 valence electrons. The number of nitrogens with one attached hydrogen (secondary N) is 1. The van der Waals surface area contributed by atoms with Crippen molar-refractivity contribution >= 4 is 41.9 Å². The number of ether oxygens (including phenoxy) is 2. The summed E-state index contributed by atoms with van der Waals surface area (Å²) in [6, 6.07) is 0.151. The van der Waals surface area contributed by atoms with E-state index < -0.39 is 0 Å². The number of rotatable bonds is 4. The maximum atomic E-state index is 12.0. The molecule has 10 heteroatoms. The fourth-order valence-corrected chi connectivity index (χ4v) is 2.74. The van der Waals surface area contributed by atoms with Crippen LogP contribution in [0.3, 0.4) is 0 Å². The van der Waals surface area contributed by atoms with Gasteiger partial charge in [-0.1, -0.05) is 0 Å². The van der Waals surface area contributed by atoms with Crippen molar-refractivity contribution in [3.05, 3.63) is 0 Å². The minimum absolute atomic E-state index is 0. The Morgan fingerprint density at radius 3 is 2.44 bits per heavy atom. The van der Waals surface area contributed by atoms with Crippen LogP contribution < -0.4 is 11.1 Å². The van der Waals surface area contributed by atoms with Crippen LogP contribution in [0, 0.1) is 0 Å². The van der Waals surface area contributed by atoms with Gasteiger partial charge < -0.3 is 30.3 Å². The van der Waals surface area contributed by atoms with Crippen LogP contribution in [-0.2, 0) is 14.3 Å². The van der Waals surface area contributed by atoms with Gasteiger partial charge >= 0.3 is 6.09 Å². The summed E-state index contributed by atoms with van der Waals surface area (Å²) in [5.74, 6) is 0.228. The van der Waals surface area contributed by atoms with Crippen molar-refractivity contribution in [3.63, 3.8) is 0 Å². The van der Waals surface area contributed by atoms with Gasteiger partial charge in [0.1, 0.15) is 6.54 Å². The van der Waals surface area contributed by atoms with Gasteiger partial charge in [-0.25, -0.2) is 9.79 Å². The number of piperidine rings is 1. The van der Waals surface area contributed by atoms with Gasteiger partial charge in [-0.2, -0.15) is 0 Å².